The fraction of sp³-hybridized carbons (Fsp3) is 0.349. The molecule has 0 fully saturated rings. The van der Waals surface area contributed by atoms with Crippen LogP contribution in [0.4, 0.5) is 0 Å². The summed E-state index contributed by atoms with van der Waals surface area (Å²) in [4.78, 5) is 25.2. The quantitative estimate of drug-likeness (QED) is 0.0663. The zero-order valence-electron chi connectivity index (χ0n) is 30.2. The molecular weight excluding hydrogens is 644 g/mol. The Morgan fingerprint density at radius 1 is 0.490 bits per heavy atom. The zero-order chi connectivity index (χ0) is 36.2. The molecule has 0 saturated heterocycles. The molecular formula is C43H48O8. The number of hydrogen-bond donors (Lipinski definition) is 0. The summed E-state index contributed by atoms with van der Waals surface area (Å²) in [5, 5.41) is 3.34. The van der Waals surface area contributed by atoms with Crippen LogP contribution in [-0.4, -0.2) is 50.6 Å². The van der Waals surface area contributed by atoms with Gasteiger partial charge in [0.25, 0.3) is 0 Å². The van der Waals surface area contributed by atoms with E-state index in [1.807, 2.05) is 120 Å². The first-order valence-electron chi connectivity index (χ1n) is 17.7. The first-order chi connectivity index (χ1) is 24.7. The third-order valence-electron chi connectivity index (χ3n) is 8.26. The van der Waals surface area contributed by atoms with Gasteiger partial charge in [-0.2, -0.15) is 0 Å². The Hall–Kier alpha value is -5.24. The van der Waals surface area contributed by atoms with Crippen LogP contribution in [0.1, 0.15) is 56.2 Å². The number of benzene rings is 5. The first-order valence-corrected chi connectivity index (χ1v) is 17.7. The minimum absolute atomic E-state index is 0.0835. The van der Waals surface area contributed by atoms with Crippen LogP contribution in [0, 0.1) is 20.8 Å². The maximum atomic E-state index is 12.6. The molecule has 5 rings (SSSR count). The molecule has 8 nitrogen and oxygen atoms in total. The molecule has 0 heterocycles. The van der Waals surface area contributed by atoms with Crippen molar-refractivity contribution < 1.29 is 38.0 Å². The Morgan fingerprint density at radius 3 is 1.39 bits per heavy atom. The van der Waals surface area contributed by atoms with E-state index in [4.69, 9.17) is 28.4 Å². The van der Waals surface area contributed by atoms with Crippen molar-refractivity contribution in [1.29, 1.82) is 0 Å². The van der Waals surface area contributed by atoms with E-state index >= 15 is 0 Å². The second-order valence-corrected chi connectivity index (χ2v) is 12.9. The predicted octanol–water partition coefficient (Wildman–Crippen LogP) is 9.26. The van der Waals surface area contributed by atoms with E-state index in [0.29, 0.717) is 48.7 Å². The zero-order valence-corrected chi connectivity index (χ0v) is 30.2. The number of aryl methyl sites for hydroxylation is 3. The van der Waals surface area contributed by atoms with Crippen LogP contribution >= 0.6 is 0 Å². The van der Waals surface area contributed by atoms with Gasteiger partial charge in [-0.25, -0.2) is 0 Å². The lowest BCUT2D eigenvalue weighted by Gasteiger charge is -2.23. The van der Waals surface area contributed by atoms with Crippen LogP contribution in [-0.2, 0) is 19.1 Å². The van der Waals surface area contributed by atoms with Crippen molar-refractivity contribution in [3.63, 3.8) is 0 Å². The highest BCUT2D eigenvalue weighted by atomic mass is 16.6. The number of esters is 2. The van der Waals surface area contributed by atoms with Gasteiger partial charge in [-0.05, 0) is 75.1 Å². The van der Waals surface area contributed by atoms with Crippen LogP contribution in [0.25, 0.3) is 21.5 Å². The summed E-state index contributed by atoms with van der Waals surface area (Å²) in [6, 6.07) is 29.5. The van der Waals surface area contributed by atoms with Gasteiger partial charge in [-0.1, -0.05) is 80.1 Å². The molecule has 0 bridgehead atoms. The van der Waals surface area contributed by atoms with E-state index in [1.54, 1.807) is 0 Å². The van der Waals surface area contributed by atoms with Crippen molar-refractivity contribution in [2.45, 2.75) is 72.5 Å². The Morgan fingerprint density at radius 2 is 0.922 bits per heavy atom. The molecule has 0 spiro atoms. The van der Waals surface area contributed by atoms with Gasteiger partial charge < -0.3 is 28.4 Å². The molecule has 0 aliphatic rings. The van der Waals surface area contributed by atoms with Crippen molar-refractivity contribution >= 4 is 33.5 Å². The summed E-state index contributed by atoms with van der Waals surface area (Å²) in [5.41, 5.74) is 3.19. The molecule has 2 atom stereocenters. The number of carbonyl (C=O) groups excluding carboxylic acids is 2. The van der Waals surface area contributed by atoms with Gasteiger partial charge in [0.15, 0.2) is 12.2 Å². The lowest BCUT2D eigenvalue weighted by molar-refractivity contribution is -0.153. The van der Waals surface area contributed by atoms with Gasteiger partial charge in [0.2, 0.25) is 0 Å². The predicted molar refractivity (Wildman–Crippen MR) is 200 cm³/mol. The van der Waals surface area contributed by atoms with E-state index < -0.39 is 12.2 Å². The van der Waals surface area contributed by atoms with Crippen LogP contribution < -0.4 is 18.9 Å². The molecule has 0 N–H and O–H groups in total. The summed E-state index contributed by atoms with van der Waals surface area (Å²) in [6.45, 7) is 10.3. The summed E-state index contributed by atoms with van der Waals surface area (Å²) in [5.74, 6) is 2.10. The third kappa shape index (κ3) is 10.4. The van der Waals surface area contributed by atoms with E-state index in [0.717, 1.165) is 38.2 Å². The summed E-state index contributed by atoms with van der Waals surface area (Å²) >= 11 is 0. The normalized spacial score (nSPS) is 12.3. The molecule has 2 unspecified atom stereocenters. The van der Waals surface area contributed by atoms with Gasteiger partial charge in [-0.15, -0.1) is 0 Å². The fourth-order valence-electron chi connectivity index (χ4n) is 5.80. The second-order valence-electron chi connectivity index (χ2n) is 12.9. The average Bonchev–Trinajstić information content (AvgIpc) is 3.11. The SMILES string of the molecule is CCCC(=O)OC(COc1cccc(C)c1)COc1c2ccccc2c(OCC(COc2cccc(C)c2)OC(=O)CCC)c2cc(C)ccc12. The fourth-order valence-corrected chi connectivity index (χ4v) is 5.80. The summed E-state index contributed by atoms with van der Waals surface area (Å²) in [6.07, 6.45) is 0.680. The van der Waals surface area contributed by atoms with Gasteiger partial charge in [-0.3, -0.25) is 9.59 Å². The lowest BCUT2D eigenvalue weighted by atomic mass is 9.99. The molecule has 5 aromatic rings. The van der Waals surface area contributed by atoms with Gasteiger partial charge >= 0.3 is 11.9 Å². The lowest BCUT2D eigenvalue weighted by Crippen LogP contribution is -2.31. The molecule has 0 aliphatic heterocycles. The molecule has 8 heteroatoms. The van der Waals surface area contributed by atoms with Crippen molar-refractivity contribution in [3.8, 4) is 23.0 Å². The van der Waals surface area contributed by atoms with Crippen LogP contribution in [0.3, 0.4) is 0 Å². The minimum Gasteiger partial charge on any atom is -0.490 e. The topological polar surface area (TPSA) is 89.5 Å². The number of carbonyl (C=O) groups is 2. The molecule has 268 valence electrons. The van der Waals surface area contributed by atoms with Gasteiger partial charge in [0, 0.05) is 34.4 Å². The maximum Gasteiger partial charge on any atom is 0.306 e. The molecule has 0 aliphatic carbocycles. The van der Waals surface area contributed by atoms with E-state index in [2.05, 4.69) is 6.07 Å². The Balaban J connectivity index is 1.43. The van der Waals surface area contributed by atoms with Crippen LogP contribution in [0.5, 0.6) is 23.0 Å². The summed E-state index contributed by atoms with van der Waals surface area (Å²) in [7, 11) is 0. The number of ether oxygens (including phenoxy) is 6. The second kappa shape index (κ2) is 18.1. The molecule has 0 amide bonds. The average molecular weight is 693 g/mol. The third-order valence-corrected chi connectivity index (χ3v) is 8.26. The highest BCUT2D eigenvalue weighted by Crippen LogP contribution is 2.43. The Bertz CT molecular complexity index is 1930. The number of fused-ring (bicyclic) bond motifs is 2. The monoisotopic (exact) mass is 692 g/mol. The van der Waals surface area contributed by atoms with Crippen LogP contribution in [0.2, 0.25) is 0 Å². The molecule has 0 aromatic heterocycles. The van der Waals surface area contributed by atoms with Crippen molar-refractivity contribution in [2.75, 3.05) is 26.4 Å². The van der Waals surface area contributed by atoms with E-state index in [1.165, 1.54) is 0 Å². The van der Waals surface area contributed by atoms with E-state index in [-0.39, 0.29) is 38.4 Å². The smallest absolute Gasteiger partial charge is 0.306 e. The maximum absolute atomic E-state index is 12.6. The number of rotatable bonds is 18. The Labute approximate surface area is 300 Å². The van der Waals surface area contributed by atoms with Gasteiger partial charge in [0.05, 0.1) is 0 Å². The number of hydrogen-bond acceptors (Lipinski definition) is 8. The van der Waals surface area contributed by atoms with Crippen molar-refractivity contribution in [3.05, 3.63) is 108 Å². The molecule has 0 saturated carbocycles. The Kier molecular flexibility index (Phi) is 13.2. The highest BCUT2D eigenvalue weighted by Gasteiger charge is 2.23. The summed E-state index contributed by atoms with van der Waals surface area (Å²) < 4.78 is 37.0. The van der Waals surface area contributed by atoms with E-state index in [9.17, 15) is 9.59 Å². The standard InChI is InChI=1S/C43H48O8/c1-6-12-40(44)50-34(25-46-32-16-10-14-29(3)22-32)27-48-42-36-18-8-9-19-37(36)43(39-24-31(5)20-21-38(39)42)49-28-35(51-41(45)13-7-2)26-47-33-17-11-15-30(4)23-33/h8-11,14-24,34-35H,6-7,12-13,25-28H2,1-5H3. The molecule has 0 radical (unpaired) electrons. The highest BCUT2D eigenvalue weighted by molar-refractivity contribution is 6.11. The minimum atomic E-state index is -0.647. The van der Waals surface area contributed by atoms with Crippen LogP contribution in [0.15, 0.2) is 91.0 Å². The molecule has 5 aromatic carbocycles. The van der Waals surface area contributed by atoms with Gasteiger partial charge in [0.1, 0.15) is 49.4 Å². The first kappa shape index (κ1) is 37.0. The largest absolute Gasteiger partial charge is 0.490 e. The van der Waals surface area contributed by atoms with Crippen molar-refractivity contribution in [1.82, 2.24) is 0 Å². The molecule has 51 heavy (non-hydrogen) atoms. The van der Waals surface area contributed by atoms with Crippen molar-refractivity contribution in [2.24, 2.45) is 0 Å².